The molecule has 8 nitrogen and oxygen atoms in total. The van der Waals surface area contributed by atoms with Crippen LogP contribution in [-0.2, 0) is 11.3 Å². The van der Waals surface area contributed by atoms with Crippen molar-refractivity contribution >= 4 is 39.7 Å². The van der Waals surface area contributed by atoms with Gasteiger partial charge < -0.3 is 23.9 Å². The fourth-order valence-electron chi connectivity index (χ4n) is 2.99. The minimum absolute atomic E-state index is 0.0817. The molecule has 168 valence electrons. The van der Waals surface area contributed by atoms with Gasteiger partial charge in [-0.3, -0.25) is 0 Å². The van der Waals surface area contributed by atoms with E-state index in [0.717, 1.165) is 21.8 Å². The van der Waals surface area contributed by atoms with Gasteiger partial charge in [-0.25, -0.2) is 4.79 Å². The minimum atomic E-state index is -1.08. The summed E-state index contributed by atoms with van der Waals surface area (Å²) in [5.41, 5.74) is 1.38. The van der Waals surface area contributed by atoms with Crippen molar-refractivity contribution in [3.8, 4) is 28.6 Å². The second-order valence-corrected chi connectivity index (χ2v) is 8.38. The van der Waals surface area contributed by atoms with Crippen LogP contribution in [0.25, 0.3) is 17.5 Å². The fraction of sp³-hybridized carbons (Fsp3) is 0.227. The molecule has 0 aliphatic carbocycles. The van der Waals surface area contributed by atoms with Crippen LogP contribution >= 0.6 is 27.7 Å². The molecule has 0 atom stereocenters. The van der Waals surface area contributed by atoms with Gasteiger partial charge in [0.15, 0.2) is 11.0 Å². The molecule has 32 heavy (non-hydrogen) atoms. The summed E-state index contributed by atoms with van der Waals surface area (Å²) in [5, 5.41) is 18.8. The van der Waals surface area contributed by atoms with Gasteiger partial charge in [-0.1, -0.05) is 15.9 Å². The van der Waals surface area contributed by atoms with Crippen molar-refractivity contribution in [3.05, 3.63) is 51.3 Å². The number of benzene rings is 2. The Bertz CT molecular complexity index is 1140. The highest BCUT2D eigenvalue weighted by atomic mass is 79.9. The van der Waals surface area contributed by atoms with Gasteiger partial charge in [0.05, 0.1) is 21.3 Å². The lowest BCUT2D eigenvalue weighted by Gasteiger charge is -2.11. The van der Waals surface area contributed by atoms with Gasteiger partial charge in [-0.05, 0) is 55.1 Å². The van der Waals surface area contributed by atoms with Crippen LogP contribution in [0.4, 0.5) is 0 Å². The van der Waals surface area contributed by atoms with E-state index in [4.69, 9.17) is 14.2 Å². The lowest BCUT2D eigenvalue weighted by Crippen LogP contribution is -2.03. The van der Waals surface area contributed by atoms with E-state index in [9.17, 15) is 9.90 Å². The number of hydrogen-bond acceptors (Lipinski definition) is 7. The Morgan fingerprint density at radius 3 is 2.34 bits per heavy atom. The summed E-state index contributed by atoms with van der Waals surface area (Å²) in [6.07, 6.45) is 1.56. The van der Waals surface area contributed by atoms with Gasteiger partial charge in [0.25, 0.3) is 0 Å². The molecule has 0 bridgehead atoms. The van der Waals surface area contributed by atoms with Crippen molar-refractivity contribution in [2.45, 2.75) is 18.6 Å². The maximum atomic E-state index is 12.0. The molecule has 3 aromatic rings. The van der Waals surface area contributed by atoms with Gasteiger partial charge in [-0.2, -0.15) is 0 Å². The summed E-state index contributed by atoms with van der Waals surface area (Å²) in [4.78, 5) is 12.1. The van der Waals surface area contributed by atoms with E-state index >= 15 is 0 Å². The molecule has 2 aromatic carbocycles. The second-order valence-electron chi connectivity index (χ2n) is 6.45. The number of carboxylic acids is 1. The van der Waals surface area contributed by atoms with Crippen LogP contribution in [0.3, 0.4) is 0 Å². The third-order valence-corrected chi connectivity index (χ3v) is 6.02. The Kier molecular flexibility index (Phi) is 7.81. The number of ether oxygens (including phenoxy) is 3. The number of thioether (sulfide) groups is 1. The van der Waals surface area contributed by atoms with Crippen molar-refractivity contribution in [1.82, 2.24) is 14.8 Å². The summed E-state index contributed by atoms with van der Waals surface area (Å²) < 4.78 is 18.7. The summed E-state index contributed by atoms with van der Waals surface area (Å²) in [6, 6.07) is 10.8. The third-order valence-electron chi connectivity index (χ3n) is 4.53. The standard InChI is InChI=1S/C22H22BrN3O5S/c1-5-26-20(14-9-16(29-2)12-17(10-14)30-3)24-25-22(26)32-19(21(27)28)11-13-8-15(23)6-7-18(13)31-4/h6-12H,5H2,1-4H3,(H,27,28)/b19-11-. The maximum Gasteiger partial charge on any atom is 0.342 e. The maximum absolute atomic E-state index is 12.0. The first-order valence-corrected chi connectivity index (χ1v) is 11.1. The zero-order chi connectivity index (χ0) is 23.3. The number of rotatable bonds is 9. The summed E-state index contributed by atoms with van der Waals surface area (Å²) >= 11 is 4.43. The molecule has 10 heteroatoms. The quantitative estimate of drug-likeness (QED) is 0.312. The van der Waals surface area contributed by atoms with Gasteiger partial charge in [-0.15, -0.1) is 10.2 Å². The van der Waals surface area contributed by atoms with Crippen LogP contribution in [0, 0.1) is 0 Å². The number of hydrogen-bond donors (Lipinski definition) is 1. The van der Waals surface area contributed by atoms with E-state index in [2.05, 4.69) is 26.1 Å². The monoisotopic (exact) mass is 519 g/mol. The number of carbonyl (C=O) groups is 1. The molecule has 1 heterocycles. The molecule has 0 radical (unpaired) electrons. The van der Waals surface area contributed by atoms with E-state index < -0.39 is 5.97 Å². The normalized spacial score (nSPS) is 11.3. The Morgan fingerprint density at radius 1 is 1.09 bits per heavy atom. The highest BCUT2D eigenvalue weighted by Gasteiger charge is 2.20. The van der Waals surface area contributed by atoms with Gasteiger partial charge in [0.1, 0.15) is 22.2 Å². The van der Waals surface area contributed by atoms with E-state index in [-0.39, 0.29) is 4.91 Å². The largest absolute Gasteiger partial charge is 0.497 e. The molecular weight excluding hydrogens is 498 g/mol. The molecule has 3 rings (SSSR count). The van der Waals surface area contributed by atoms with Crippen LogP contribution in [0.1, 0.15) is 12.5 Å². The van der Waals surface area contributed by atoms with E-state index in [1.807, 2.05) is 29.7 Å². The molecule has 0 spiro atoms. The Morgan fingerprint density at radius 2 is 1.78 bits per heavy atom. The van der Waals surface area contributed by atoms with Crippen molar-refractivity contribution in [3.63, 3.8) is 0 Å². The first-order valence-electron chi connectivity index (χ1n) is 9.53. The SMILES string of the molecule is CCn1c(S/C(=C\c2cc(Br)ccc2OC)C(=O)O)nnc1-c1cc(OC)cc(OC)c1. The van der Waals surface area contributed by atoms with Crippen LogP contribution in [0.15, 0.2) is 50.9 Å². The molecule has 1 aromatic heterocycles. The first-order chi connectivity index (χ1) is 15.4. The number of nitrogens with zero attached hydrogens (tertiary/aromatic N) is 3. The highest BCUT2D eigenvalue weighted by Crippen LogP contribution is 2.34. The van der Waals surface area contributed by atoms with E-state index in [1.165, 1.54) is 7.11 Å². The van der Waals surface area contributed by atoms with E-state index in [0.29, 0.717) is 40.3 Å². The molecule has 0 saturated heterocycles. The Balaban J connectivity index is 2.03. The van der Waals surface area contributed by atoms with Crippen LogP contribution in [-0.4, -0.2) is 47.2 Å². The average molecular weight is 520 g/mol. The summed E-state index contributed by atoms with van der Waals surface area (Å²) in [6.45, 7) is 2.48. The first kappa shape index (κ1) is 23.7. The highest BCUT2D eigenvalue weighted by molar-refractivity contribution is 9.10. The zero-order valence-corrected chi connectivity index (χ0v) is 20.4. The number of halogens is 1. The van der Waals surface area contributed by atoms with Crippen LogP contribution < -0.4 is 14.2 Å². The third kappa shape index (κ3) is 5.25. The lowest BCUT2D eigenvalue weighted by atomic mass is 10.2. The smallest absolute Gasteiger partial charge is 0.342 e. The van der Waals surface area contributed by atoms with Crippen molar-refractivity contribution in [2.75, 3.05) is 21.3 Å². The van der Waals surface area contributed by atoms with Gasteiger partial charge >= 0.3 is 5.97 Å². The minimum Gasteiger partial charge on any atom is -0.497 e. The number of methoxy groups -OCH3 is 3. The van der Waals surface area contributed by atoms with E-state index in [1.54, 1.807) is 38.5 Å². The topological polar surface area (TPSA) is 95.7 Å². The van der Waals surface area contributed by atoms with Gasteiger partial charge in [0, 0.05) is 28.2 Å². The Labute approximate surface area is 198 Å². The van der Waals surface area contributed by atoms with Crippen molar-refractivity contribution in [1.29, 1.82) is 0 Å². The molecular formula is C22H22BrN3O5S. The molecule has 0 unspecified atom stereocenters. The fourth-order valence-corrected chi connectivity index (χ4v) is 4.25. The predicted octanol–water partition coefficient (Wildman–Crippen LogP) is 4.97. The molecule has 1 N–H and O–H groups in total. The zero-order valence-electron chi connectivity index (χ0n) is 18.0. The molecule has 0 fully saturated rings. The average Bonchev–Trinajstić information content (AvgIpc) is 3.20. The number of carboxylic acid groups (broad SMARTS) is 1. The Hall–Kier alpha value is -2.98. The van der Waals surface area contributed by atoms with Gasteiger partial charge in [0.2, 0.25) is 0 Å². The second kappa shape index (κ2) is 10.6. The van der Waals surface area contributed by atoms with Crippen LogP contribution in [0.5, 0.6) is 17.2 Å². The molecule has 0 aliphatic rings. The molecule has 0 aliphatic heterocycles. The lowest BCUT2D eigenvalue weighted by molar-refractivity contribution is -0.131. The van der Waals surface area contributed by atoms with Crippen molar-refractivity contribution < 1.29 is 24.1 Å². The van der Waals surface area contributed by atoms with Crippen molar-refractivity contribution in [2.24, 2.45) is 0 Å². The summed E-state index contributed by atoms with van der Waals surface area (Å²) in [7, 11) is 4.69. The molecule has 0 saturated carbocycles. The summed E-state index contributed by atoms with van der Waals surface area (Å²) in [5.74, 6) is 1.30. The molecule has 0 amide bonds. The number of aliphatic carboxylic acids is 1. The van der Waals surface area contributed by atoms with Crippen LogP contribution in [0.2, 0.25) is 0 Å². The predicted molar refractivity (Wildman–Crippen MR) is 126 cm³/mol. The number of aromatic nitrogens is 3.